The molecule has 0 aliphatic heterocycles. The number of carbonyl (C=O) groups is 3. The molecule has 3 rings (SSSR count). The van der Waals surface area contributed by atoms with Crippen LogP contribution in [-0.4, -0.2) is 24.6 Å². The van der Waals surface area contributed by atoms with Crippen molar-refractivity contribution < 1.29 is 19.1 Å². The molecule has 0 saturated heterocycles. The predicted molar refractivity (Wildman–Crippen MR) is 71.9 cm³/mol. The van der Waals surface area contributed by atoms with Gasteiger partial charge in [0.15, 0.2) is 5.78 Å². The van der Waals surface area contributed by atoms with Gasteiger partial charge in [-0.1, -0.05) is 12.8 Å². The molecule has 0 aromatic rings. The van der Waals surface area contributed by atoms with Crippen LogP contribution in [0.15, 0.2) is 0 Å². The Hall–Kier alpha value is -1.19. The minimum atomic E-state index is -1.01. The Morgan fingerprint density at radius 1 is 1.15 bits per heavy atom. The monoisotopic (exact) mass is 278 g/mol. The van der Waals surface area contributed by atoms with E-state index in [2.05, 4.69) is 0 Å². The number of ether oxygens (including phenoxy) is 1. The number of methoxy groups -OCH3 is 1. The van der Waals surface area contributed by atoms with Crippen molar-refractivity contribution in [2.24, 2.45) is 23.2 Å². The minimum absolute atomic E-state index is 0.0324. The molecule has 0 spiro atoms. The maximum Gasteiger partial charge on any atom is 0.319 e. The van der Waals surface area contributed by atoms with Crippen molar-refractivity contribution in [2.75, 3.05) is 7.11 Å². The van der Waals surface area contributed by atoms with Crippen LogP contribution in [0.5, 0.6) is 0 Å². The van der Waals surface area contributed by atoms with Crippen LogP contribution in [0.3, 0.4) is 0 Å². The second-order valence-corrected chi connectivity index (χ2v) is 6.54. The highest BCUT2D eigenvalue weighted by Crippen LogP contribution is 2.57. The lowest BCUT2D eigenvalue weighted by molar-refractivity contribution is -0.180. The van der Waals surface area contributed by atoms with Crippen molar-refractivity contribution in [1.29, 1.82) is 0 Å². The first-order valence-electron chi connectivity index (χ1n) is 7.76. The lowest BCUT2D eigenvalue weighted by Crippen LogP contribution is -2.60. The van der Waals surface area contributed by atoms with Gasteiger partial charge in [0.2, 0.25) is 0 Å². The van der Waals surface area contributed by atoms with Crippen LogP contribution in [0.2, 0.25) is 0 Å². The number of hydrogen-bond donors (Lipinski definition) is 0. The Kier molecular flexibility index (Phi) is 3.43. The highest BCUT2D eigenvalue weighted by molar-refractivity contribution is 6.07. The van der Waals surface area contributed by atoms with Crippen molar-refractivity contribution in [3.8, 4) is 0 Å². The van der Waals surface area contributed by atoms with E-state index in [0.29, 0.717) is 12.8 Å². The zero-order valence-corrected chi connectivity index (χ0v) is 12.0. The van der Waals surface area contributed by atoms with E-state index in [0.717, 1.165) is 38.5 Å². The second kappa shape index (κ2) is 4.97. The van der Waals surface area contributed by atoms with Crippen LogP contribution in [0.1, 0.15) is 51.4 Å². The summed E-state index contributed by atoms with van der Waals surface area (Å²) in [4.78, 5) is 37.6. The average molecular weight is 278 g/mol. The van der Waals surface area contributed by atoms with Gasteiger partial charge in [-0.05, 0) is 37.5 Å². The van der Waals surface area contributed by atoms with Crippen LogP contribution in [0, 0.1) is 23.2 Å². The molecule has 20 heavy (non-hydrogen) atoms. The third-order valence-electron chi connectivity index (χ3n) is 5.80. The number of Topliss-reactive ketones (excluding diaryl/α,β-unsaturated/α-hetero) is 2. The van der Waals surface area contributed by atoms with E-state index in [9.17, 15) is 14.4 Å². The Balaban J connectivity index is 2.09. The molecule has 0 heterocycles. The Labute approximate surface area is 119 Å². The summed E-state index contributed by atoms with van der Waals surface area (Å²) in [5.74, 6) is -0.400. The first kappa shape index (κ1) is 13.8. The van der Waals surface area contributed by atoms with Gasteiger partial charge in [-0.2, -0.15) is 0 Å². The maximum absolute atomic E-state index is 12.7. The van der Waals surface area contributed by atoms with Crippen LogP contribution in [0.25, 0.3) is 0 Å². The molecule has 1 unspecified atom stereocenters. The molecular formula is C16H22O4. The number of fused-ring (bicyclic) bond motifs is 3. The summed E-state index contributed by atoms with van der Waals surface area (Å²) in [6.07, 6.45) is 6.14. The van der Waals surface area contributed by atoms with Crippen molar-refractivity contribution in [1.82, 2.24) is 0 Å². The number of carbonyl (C=O) groups excluding carboxylic acids is 3. The molecule has 0 N–H and O–H groups in total. The summed E-state index contributed by atoms with van der Waals surface area (Å²) in [5, 5.41) is 0. The van der Waals surface area contributed by atoms with Crippen molar-refractivity contribution in [2.45, 2.75) is 51.4 Å². The second-order valence-electron chi connectivity index (χ2n) is 6.54. The fourth-order valence-electron chi connectivity index (χ4n) is 5.00. The number of hydrogen-bond acceptors (Lipinski definition) is 4. The number of rotatable bonds is 1. The molecule has 0 aromatic carbocycles. The molecule has 3 aliphatic rings. The van der Waals surface area contributed by atoms with Gasteiger partial charge in [0.25, 0.3) is 0 Å². The minimum Gasteiger partial charge on any atom is -0.468 e. The predicted octanol–water partition coefficient (Wildman–Crippen LogP) is 2.29. The molecule has 4 nitrogen and oxygen atoms in total. The summed E-state index contributed by atoms with van der Waals surface area (Å²) < 4.78 is 5.03. The third-order valence-corrected chi connectivity index (χ3v) is 5.80. The van der Waals surface area contributed by atoms with Crippen molar-refractivity contribution in [3.05, 3.63) is 0 Å². The lowest BCUT2D eigenvalue weighted by atomic mass is 9.48. The molecule has 3 fully saturated rings. The van der Waals surface area contributed by atoms with Gasteiger partial charge in [-0.25, -0.2) is 0 Å². The van der Waals surface area contributed by atoms with Gasteiger partial charge in [-0.3, -0.25) is 14.4 Å². The largest absolute Gasteiger partial charge is 0.468 e. The summed E-state index contributed by atoms with van der Waals surface area (Å²) in [6, 6.07) is 0. The first-order valence-corrected chi connectivity index (χ1v) is 7.76. The highest BCUT2D eigenvalue weighted by atomic mass is 16.5. The quantitative estimate of drug-likeness (QED) is 0.545. The van der Waals surface area contributed by atoms with E-state index in [4.69, 9.17) is 4.74 Å². The number of esters is 1. The molecule has 0 aromatic heterocycles. The van der Waals surface area contributed by atoms with E-state index in [-0.39, 0.29) is 35.3 Å². The summed E-state index contributed by atoms with van der Waals surface area (Å²) in [7, 11) is 1.37. The molecule has 4 atom stereocenters. The van der Waals surface area contributed by atoms with E-state index in [1.807, 2.05) is 0 Å². The van der Waals surface area contributed by atoms with E-state index < -0.39 is 5.41 Å². The van der Waals surface area contributed by atoms with Gasteiger partial charge < -0.3 is 4.74 Å². The first-order chi connectivity index (χ1) is 9.62. The highest BCUT2D eigenvalue weighted by Gasteiger charge is 2.64. The van der Waals surface area contributed by atoms with Gasteiger partial charge in [0, 0.05) is 18.8 Å². The zero-order chi connectivity index (χ0) is 14.3. The zero-order valence-electron chi connectivity index (χ0n) is 12.0. The smallest absolute Gasteiger partial charge is 0.319 e. The fraction of sp³-hybridized carbons (Fsp3) is 0.812. The lowest BCUT2D eigenvalue weighted by Gasteiger charge is -2.52. The third kappa shape index (κ3) is 1.69. The SMILES string of the molecule is COC(=O)[C@]12C(=O)CCC[C@H]1CC(=O)C1CCCC[C@@H]12. The molecule has 4 heteroatoms. The van der Waals surface area contributed by atoms with Gasteiger partial charge in [0.1, 0.15) is 11.2 Å². The summed E-state index contributed by atoms with van der Waals surface area (Å²) >= 11 is 0. The molecule has 3 saturated carbocycles. The molecule has 0 amide bonds. The van der Waals surface area contributed by atoms with E-state index in [1.54, 1.807) is 0 Å². The average Bonchev–Trinajstić information content (AvgIpc) is 2.47. The van der Waals surface area contributed by atoms with Crippen LogP contribution < -0.4 is 0 Å². The van der Waals surface area contributed by atoms with Crippen LogP contribution in [-0.2, 0) is 19.1 Å². The molecular weight excluding hydrogens is 256 g/mol. The van der Waals surface area contributed by atoms with Gasteiger partial charge in [0.05, 0.1) is 7.11 Å². The Morgan fingerprint density at radius 3 is 2.65 bits per heavy atom. The normalized spacial score (nSPS) is 40.8. The van der Waals surface area contributed by atoms with Crippen LogP contribution in [0.4, 0.5) is 0 Å². The Bertz CT molecular complexity index is 445. The molecule has 110 valence electrons. The van der Waals surface area contributed by atoms with Gasteiger partial charge >= 0.3 is 5.97 Å². The summed E-state index contributed by atoms with van der Waals surface area (Å²) in [5.41, 5.74) is -1.01. The molecule has 0 radical (unpaired) electrons. The van der Waals surface area contributed by atoms with Crippen molar-refractivity contribution in [3.63, 3.8) is 0 Å². The topological polar surface area (TPSA) is 60.4 Å². The van der Waals surface area contributed by atoms with E-state index >= 15 is 0 Å². The van der Waals surface area contributed by atoms with Crippen LogP contribution >= 0.6 is 0 Å². The maximum atomic E-state index is 12.7. The molecule has 0 bridgehead atoms. The Morgan fingerprint density at radius 2 is 1.90 bits per heavy atom. The van der Waals surface area contributed by atoms with Crippen molar-refractivity contribution >= 4 is 17.5 Å². The van der Waals surface area contributed by atoms with Gasteiger partial charge in [-0.15, -0.1) is 0 Å². The van der Waals surface area contributed by atoms with E-state index in [1.165, 1.54) is 7.11 Å². The fourth-order valence-corrected chi connectivity index (χ4v) is 5.00. The summed E-state index contributed by atoms with van der Waals surface area (Å²) in [6.45, 7) is 0. The number of ketones is 2. The standard InChI is InChI=1S/C16H22O4/c1-20-15(19)16-10(5-4-8-14(16)18)9-13(17)11-6-2-3-7-12(11)16/h10-12H,2-9H2,1H3/t10-,11?,12-,16+/m0/s1. The molecule has 3 aliphatic carbocycles.